The molecule has 0 fully saturated rings. The average molecular weight is 396 g/mol. The second kappa shape index (κ2) is 8.57. The van der Waals surface area contributed by atoms with Gasteiger partial charge in [0, 0.05) is 17.3 Å². The lowest BCUT2D eigenvalue weighted by Crippen LogP contribution is -2.13. The molecule has 0 aliphatic heterocycles. The minimum absolute atomic E-state index is 0.268. The van der Waals surface area contributed by atoms with Crippen molar-refractivity contribution in [1.82, 2.24) is 4.98 Å². The molecule has 4 aromatic rings. The number of pyridine rings is 1. The third-order valence-corrected chi connectivity index (χ3v) is 4.76. The highest BCUT2D eigenvalue weighted by atomic mass is 16.5. The predicted molar refractivity (Wildman–Crippen MR) is 118 cm³/mol. The third kappa shape index (κ3) is 3.91. The summed E-state index contributed by atoms with van der Waals surface area (Å²) >= 11 is 0. The van der Waals surface area contributed by atoms with Crippen molar-refractivity contribution in [2.75, 3.05) is 11.9 Å². The Morgan fingerprint density at radius 1 is 0.900 bits per heavy atom. The van der Waals surface area contributed by atoms with Crippen LogP contribution in [0.25, 0.3) is 21.9 Å². The summed E-state index contributed by atoms with van der Waals surface area (Å²) in [6, 6.07) is 24.3. The van der Waals surface area contributed by atoms with E-state index in [2.05, 4.69) is 10.3 Å². The molecule has 0 saturated carbocycles. The van der Waals surface area contributed by atoms with Crippen LogP contribution < -0.4 is 5.32 Å². The number of carbonyl (C=O) groups is 2. The van der Waals surface area contributed by atoms with Crippen molar-refractivity contribution < 1.29 is 14.3 Å². The maximum atomic E-state index is 12.7. The molecule has 0 unspecified atom stereocenters. The van der Waals surface area contributed by atoms with Crippen LogP contribution in [0.5, 0.6) is 0 Å². The largest absolute Gasteiger partial charge is 0.462 e. The summed E-state index contributed by atoms with van der Waals surface area (Å²) in [5.74, 6) is -0.610. The Morgan fingerprint density at radius 3 is 2.37 bits per heavy atom. The number of hydrogen-bond acceptors (Lipinski definition) is 4. The molecule has 1 N–H and O–H groups in total. The molecule has 3 aromatic carbocycles. The number of aromatic nitrogens is 1. The fourth-order valence-corrected chi connectivity index (χ4v) is 3.37. The van der Waals surface area contributed by atoms with Crippen molar-refractivity contribution in [2.24, 2.45) is 0 Å². The Bertz CT molecular complexity index is 1200. The summed E-state index contributed by atoms with van der Waals surface area (Å²) in [4.78, 5) is 28.7. The van der Waals surface area contributed by atoms with Gasteiger partial charge in [0.2, 0.25) is 0 Å². The van der Waals surface area contributed by atoms with E-state index in [4.69, 9.17) is 4.74 Å². The molecule has 148 valence electrons. The monoisotopic (exact) mass is 396 g/mol. The van der Waals surface area contributed by atoms with Crippen molar-refractivity contribution in [1.29, 1.82) is 0 Å². The highest BCUT2D eigenvalue weighted by molar-refractivity contribution is 6.12. The normalized spacial score (nSPS) is 10.6. The number of nitrogens with zero attached hydrogens (tertiary/aromatic N) is 1. The average Bonchev–Trinajstić information content (AvgIpc) is 2.79. The minimum Gasteiger partial charge on any atom is -0.462 e. The summed E-state index contributed by atoms with van der Waals surface area (Å²) < 4.78 is 5.06. The first-order chi connectivity index (χ1) is 14.7. The minimum atomic E-state index is -0.342. The van der Waals surface area contributed by atoms with Gasteiger partial charge in [-0.3, -0.25) is 9.78 Å². The summed E-state index contributed by atoms with van der Waals surface area (Å²) in [5, 5.41) is 4.91. The van der Waals surface area contributed by atoms with Crippen molar-refractivity contribution >= 4 is 28.3 Å². The molecule has 5 heteroatoms. The number of benzene rings is 3. The van der Waals surface area contributed by atoms with E-state index in [1.165, 1.54) is 0 Å². The number of amides is 1. The first kappa shape index (κ1) is 19.3. The number of rotatable bonds is 5. The fraction of sp³-hybridized carbons (Fsp3) is 0.0800. The molecule has 0 bridgehead atoms. The molecule has 0 aliphatic rings. The summed E-state index contributed by atoms with van der Waals surface area (Å²) in [5.41, 5.74) is 3.46. The number of fused-ring (bicyclic) bond motifs is 1. The lowest BCUT2D eigenvalue weighted by atomic mass is 9.96. The lowest BCUT2D eigenvalue weighted by Gasteiger charge is -2.13. The van der Waals surface area contributed by atoms with Crippen LogP contribution in [0.15, 0.2) is 85.1 Å². The van der Waals surface area contributed by atoms with E-state index in [0.29, 0.717) is 23.6 Å². The summed E-state index contributed by atoms with van der Waals surface area (Å²) in [7, 11) is 0. The number of esters is 1. The van der Waals surface area contributed by atoms with Gasteiger partial charge in [0.05, 0.1) is 12.2 Å². The van der Waals surface area contributed by atoms with Gasteiger partial charge in [-0.2, -0.15) is 0 Å². The van der Waals surface area contributed by atoms with Crippen LogP contribution in [0.4, 0.5) is 5.69 Å². The molecule has 30 heavy (non-hydrogen) atoms. The van der Waals surface area contributed by atoms with Crippen LogP contribution >= 0.6 is 0 Å². The SMILES string of the molecule is CCOC(=O)c1ccc(-c2cccc3cccc(NC(=O)c4ccccn4)c23)cc1. The van der Waals surface area contributed by atoms with E-state index >= 15 is 0 Å². The van der Waals surface area contributed by atoms with Crippen LogP contribution in [-0.4, -0.2) is 23.5 Å². The van der Waals surface area contributed by atoms with Crippen LogP contribution in [0, 0.1) is 0 Å². The molecule has 0 radical (unpaired) electrons. The molecule has 4 rings (SSSR count). The van der Waals surface area contributed by atoms with Gasteiger partial charge >= 0.3 is 5.97 Å². The van der Waals surface area contributed by atoms with Crippen molar-refractivity contribution in [3.63, 3.8) is 0 Å². The molecule has 0 aliphatic carbocycles. The van der Waals surface area contributed by atoms with Gasteiger partial charge in [-0.05, 0) is 53.8 Å². The van der Waals surface area contributed by atoms with Crippen LogP contribution in [0.2, 0.25) is 0 Å². The number of ether oxygens (including phenoxy) is 1. The smallest absolute Gasteiger partial charge is 0.338 e. The van der Waals surface area contributed by atoms with Crippen LogP contribution in [-0.2, 0) is 4.74 Å². The zero-order chi connectivity index (χ0) is 20.9. The van der Waals surface area contributed by atoms with E-state index in [1.807, 2.05) is 48.5 Å². The summed E-state index contributed by atoms with van der Waals surface area (Å²) in [6.45, 7) is 2.12. The number of carbonyl (C=O) groups excluding carboxylic acids is 2. The highest BCUT2D eigenvalue weighted by Crippen LogP contribution is 2.34. The van der Waals surface area contributed by atoms with Gasteiger partial charge in [-0.1, -0.05) is 48.5 Å². The lowest BCUT2D eigenvalue weighted by molar-refractivity contribution is 0.0526. The highest BCUT2D eigenvalue weighted by Gasteiger charge is 2.13. The zero-order valence-electron chi connectivity index (χ0n) is 16.5. The second-order valence-electron chi connectivity index (χ2n) is 6.68. The molecule has 1 aromatic heterocycles. The van der Waals surface area contributed by atoms with E-state index < -0.39 is 0 Å². The molecular weight excluding hydrogens is 376 g/mol. The Labute approximate surface area is 174 Å². The van der Waals surface area contributed by atoms with Gasteiger partial charge in [-0.25, -0.2) is 4.79 Å². The first-order valence-corrected chi connectivity index (χ1v) is 9.69. The Kier molecular flexibility index (Phi) is 5.52. The molecular formula is C25H20N2O3. The van der Waals surface area contributed by atoms with E-state index in [0.717, 1.165) is 21.9 Å². The summed E-state index contributed by atoms with van der Waals surface area (Å²) in [6.07, 6.45) is 1.59. The first-order valence-electron chi connectivity index (χ1n) is 9.69. The fourth-order valence-electron chi connectivity index (χ4n) is 3.37. The van der Waals surface area contributed by atoms with Crippen molar-refractivity contribution in [2.45, 2.75) is 6.92 Å². The van der Waals surface area contributed by atoms with Crippen molar-refractivity contribution in [3.05, 3.63) is 96.3 Å². The standard InChI is InChI=1S/C25H20N2O3/c1-2-30-25(29)19-14-12-17(13-15-19)20-9-5-7-18-8-6-11-21(23(18)20)27-24(28)22-10-3-4-16-26-22/h3-16H,2H2,1H3,(H,27,28). The van der Waals surface area contributed by atoms with Gasteiger partial charge in [0.25, 0.3) is 5.91 Å². The third-order valence-electron chi connectivity index (χ3n) is 4.76. The topological polar surface area (TPSA) is 68.3 Å². The Morgan fingerprint density at radius 2 is 1.67 bits per heavy atom. The van der Waals surface area contributed by atoms with Crippen molar-refractivity contribution in [3.8, 4) is 11.1 Å². The Balaban J connectivity index is 1.74. The maximum absolute atomic E-state index is 12.7. The Hall–Kier alpha value is -3.99. The van der Waals surface area contributed by atoms with Gasteiger partial charge in [-0.15, -0.1) is 0 Å². The maximum Gasteiger partial charge on any atom is 0.338 e. The predicted octanol–water partition coefficient (Wildman–Crippen LogP) is 5.33. The zero-order valence-corrected chi connectivity index (χ0v) is 16.5. The van der Waals surface area contributed by atoms with E-state index in [-0.39, 0.29) is 11.9 Å². The molecule has 5 nitrogen and oxygen atoms in total. The number of nitrogens with one attached hydrogen (secondary N) is 1. The number of anilines is 1. The van der Waals surface area contributed by atoms with Gasteiger partial charge in [0.15, 0.2) is 0 Å². The molecule has 1 heterocycles. The molecule has 0 spiro atoms. The molecule has 0 saturated heterocycles. The quantitative estimate of drug-likeness (QED) is 0.463. The second-order valence-corrected chi connectivity index (χ2v) is 6.68. The molecule has 0 atom stereocenters. The van der Waals surface area contributed by atoms with Crippen LogP contribution in [0.3, 0.4) is 0 Å². The van der Waals surface area contributed by atoms with E-state index in [1.54, 1.807) is 43.5 Å². The number of hydrogen-bond donors (Lipinski definition) is 1. The van der Waals surface area contributed by atoms with Gasteiger partial charge < -0.3 is 10.1 Å². The van der Waals surface area contributed by atoms with Gasteiger partial charge in [0.1, 0.15) is 5.69 Å². The molecule has 1 amide bonds. The van der Waals surface area contributed by atoms with Crippen LogP contribution in [0.1, 0.15) is 27.8 Å². The van der Waals surface area contributed by atoms with E-state index in [9.17, 15) is 9.59 Å².